The zero-order valence-corrected chi connectivity index (χ0v) is 12.9. The van der Waals surface area contributed by atoms with Crippen molar-refractivity contribution < 1.29 is 14.3 Å². The van der Waals surface area contributed by atoms with Gasteiger partial charge in [0.2, 0.25) is 0 Å². The number of nitrogens with zero attached hydrogens (tertiary/aromatic N) is 1. The van der Waals surface area contributed by atoms with Crippen LogP contribution in [0.25, 0.3) is 0 Å². The first-order chi connectivity index (χ1) is 10.5. The van der Waals surface area contributed by atoms with Crippen LogP contribution in [-0.2, 0) is 11.3 Å². The Labute approximate surface area is 129 Å². The fourth-order valence-electron chi connectivity index (χ4n) is 2.02. The number of esters is 1. The van der Waals surface area contributed by atoms with E-state index in [2.05, 4.69) is 0 Å². The van der Waals surface area contributed by atoms with Crippen LogP contribution >= 0.6 is 0 Å². The Morgan fingerprint density at radius 2 is 1.86 bits per heavy atom. The summed E-state index contributed by atoms with van der Waals surface area (Å²) in [5.41, 5.74) is 1.22. The molecule has 5 heteroatoms. The van der Waals surface area contributed by atoms with Gasteiger partial charge in [-0.25, -0.2) is 4.79 Å². The van der Waals surface area contributed by atoms with Gasteiger partial charge in [-0.1, -0.05) is 12.1 Å². The molecule has 0 aliphatic rings. The van der Waals surface area contributed by atoms with Crippen molar-refractivity contribution in [2.75, 3.05) is 7.11 Å². The van der Waals surface area contributed by atoms with Crippen LogP contribution in [0.2, 0.25) is 0 Å². The molecule has 0 amide bonds. The Bertz CT molecular complexity index is 701. The Morgan fingerprint density at radius 3 is 2.45 bits per heavy atom. The number of carbonyl (C=O) groups is 1. The van der Waals surface area contributed by atoms with E-state index in [0.29, 0.717) is 17.9 Å². The van der Waals surface area contributed by atoms with E-state index in [-0.39, 0.29) is 17.6 Å². The molecule has 5 nitrogen and oxygen atoms in total. The molecule has 0 bridgehead atoms. The second-order valence-electron chi connectivity index (χ2n) is 5.16. The van der Waals surface area contributed by atoms with Gasteiger partial charge in [-0.2, -0.15) is 0 Å². The lowest BCUT2D eigenvalue weighted by atomic mass is 10.1. The summed E-state index contributed by atoms with van der Waals surface area (Å²) in [6, 6.07) is 10.4. The molecular formula is C17H19NO4. The lowest BCUT2D eigenvalue weighted by Gasteiger charge is -2.10. The third-order valence-electron chi connectivity index (χ3n) is 3.09. The maximum absolute atomic E-state index is 12.1. The highest BCUT2D eigenvalue weighted by molar-refractivity contribution is 5.89. The van der Waals surface area contributed by atoms with E-state index < -0.39 is 0 Å². The lowest BCUT2D eigenvalue weighted by molar-refractivity contribution is 0.0378. The van der Waals surface area contributed by atoms with Crippen LogP contribution in [-0.4, -0.2) is 23.8 Å². The number of hydrogen-bond donors (Lipinski definition) is 0. The largest absolute Gasteiger partial charge is 0.491 e. The molecule has 22 heavy (non-hydrogen) atoms. The normalized spacial score (nSPS) is 10.5. The standard InChI is InChI=1S/C17H19NO4/c1-12(2)22-17(20)14-8-6-13(7-9-14)11-18-10-4-5-15(21-3)16(18)19/h4-10,12H,11H2,1-3H3. The Morgan fingerprint density at radius 1 is 1.18 bits per heavy atom. The third-order valence-corrected chi connectivity index (χ3v) is 3.09. The zero-order chi connectivity index (χ0) is 16.1. The Balaban J connectivity index is 2.15. The lowest BCUT2D eigenvalue weighted by Crippen LogP contribution is -2.21. The average molecular weight is 301 g/mol. The molecule has 2 aromatic rings. The molecule has 1 aromatic heterocycles. The van der Waals surface area contributed by atoms with Gasteiger partial charge in [0.05, 0.1) is 25.3 Å². The van der Waals surface area contributed by atoms with Gasteiger partial charge >= 0.3 is 5.97 Å². The molecule has 0 atom stereocenters. The van der Waals surface area contributed by atoms with Gasteiger partial charge in [-0.05, 0) is 43.7 Å². The van der Waals surface area contributed by atoms with Gasteiger partial charge in [0.15, 0.2) is 5.75 Å². The fraction of sp³-hybridized carbons (Fsp3) is 0.294. The van der Waals surface area contributed by atoms with E-state index in [0.717, 1.165) is 5.56 Å². The van der Waals surface area contributed by atoms with Crippen LogP contribution in [0.3, 0.4) is 0 Å². The summed E-state index contributed by atoms with van der Waals surface area (Å²) in [7, 11) is 1.47. The number of hydrogen-bond acceptors (Lipinski definition) is 4. The Hall–Kier alpha value is -2.56. The van der Waals surface area contributed by atoms with Gasteiger partial charge in [0.1, 0.15) is 0 Å². The first kappa shape index (κ1) is 15.8. The molecule has 0 aliphatic heterocycles. The number of pyridine rings is 1. The molecule has 0 radical (unpaired) electrons. The molecule has 1 heterocycles. The highest BCUT2D eigenvalue weighted by atomic mass is 16.5. The maximum atomic E-state index is 12.1. The predicted octanol–water partition coefficient (Wildman–Crippen LogP) is 2.47. The first-order valence-corrected chi connectivity index (χ1v) is 7.04. The SMILES string of the molecule is COc1cccn(Cc2ccc(C(=O)OC(C)C)cc2)c1=O. The van der Waals surface area contributed by atoms with E-state index in [9.17, 15) is 9.59 Å². The molecule has 0 saturated heterocycles. The van der Waals surface area contributed by atoms with Gasteiger partial charge in [0, 0.05) is 6.20 Å². The second-order valence-corrected chi connectivity index (χ2v) is 5.16. The van der Waals surface area contributed by atoms with E-state index in [1.165, 1.54) is 7.11 Å². The van der Waals surface area contributed by atoms with Crippen molar-refractivity contribution >= 4 is 5.97 Å². The van der Waals surface area contributed by atoms with Crippen molar-refractivity contribution in [3.63, 3.8) is 0 Å². The fourth-order valence-corrected chi connectivity index (χ4v) is 2.02. The van der Waals surface area contributed by atoms with Crippen LogP contribution in [0.15, 0.2) is 47.4 Å². The summed E-state index contributed by atoms with van der Waals surface area (Å²) in [6.45, 7) is 4.03. The molecular weight excluding hydrogens is 282 g/mol. The van der Waals surface area contributed by atoms with E-state index in [1.54, 1.807) is 35.0 Å². The van der Waals surface area contributed by atoms with Crippen molar-refractivity contribution in [2.24, 2.45) is 0 Å². The minimum Gasteiger partial charge on any atom is -0.491 e. The van der Waals surface area contributed by atoms with Crippen molar-refractivity contribution in [2.45, 2.75) is 26.5 Å². The second kappa shape index (κ2) is 6.93. The van der Waals surface area contributed by atoms with Crippen molar-refractivity contribution in [3.8, 4) is 5.75 Å². The molecule has 0 unspecified atom stereocenters. The summed E-state index contributed by atoms with van der Waals surface area (Å²) >= 11 is 0. The smallest absolute Gasteiger partial charge is 0.338 e. The number of methoxy groups -OCH3 is 1. The average Bonchev–Trinajstić information content (AvgIpc) is 2.49. The summed E-state index contributed by atoms with van der Waals surface area (Å²) in [6.07, 6.45) is 1.55. The number of ether oxygens (including phenoxy) is 2. The highest BCUT2D eigenvalue weighted by Gasteiger charge is 2.09. The van der Waals surface area contributed by atoms with Gasteiger partial charge < -0.3 is 14.0 Å². The van der Waals surface area contributed by atoms with Crippen molar-refractivity contribution in [1.82, 2.24) is 4.57 Å². The third kappa shape index (κ3) is 3.75. The van der Waals surface area contributed by atoms with E-state index in [4.69, 9.17) is 9.47 Å². The van der Waals surface area contributed by atoms with Crippen molar-refractivity contribution in [3.05, 3.63) is 64.1 Å². The van der Waals surface area contributed by atoms with Crippen LogP contribution in [0, 0.1) is 0 Å². The molecule has 0 saturated carbocycles. The summed E-state index contributed by atoms with van der Waals surface area (Å²) in [5, 5.41) is 0. The highest BCUT2D eigenvalue weighted by Crippen LogP contribution is 2.09. The topological polar surface area (TPSA) is 57.5 Å². The quantitative estimate of drug-likeness (QED) is 0.796. The number of benzene rings is 1. The monoisotopic (exact) mass is 301 g/mol. The number of rotatable bonds is 5. The minimum atomic E-state index is -0.347. The van der Waals surface area contributed by atoms with E-state index >= 15 is 0 Å². The molecule has 2 rings (SSSR count). The molecule has 0 spiro atoms. The number of aromatic nitrogens is 1. The van der Waals surface area contributed by atoms with Gasteiger partial charge in [-0.3, -0.25) is 4.79 Å². The summed E-state index contributed by atoms with van der Waals surface area (Å²) in [5.74, 6) is -0.0419. The molecule has 0 N–H and O–H groups in total. The van der Waals surface area contributed by atoms with Gasteiger partial charge in [0.25, 0.3) is 5.56 Å². The zero-order valence-electron chi connectivity index (χ0n) is 12.9. The van der Waals surface area contributed by atoms with Crippen LogP contribution in [0.5, 0.6) is 5.75 Å². The summed E-state index contributed by atoms with van der Waals surface area (Å²) < 4.78 is 11.7. The predicted molar refractivity (Wildman–Crippen MR) is 83.3 cm³/mol. The Kier molecular flexibility index (Phi) is 4.99. The molecule has 0 aliphatic carbocycles. The van der Waals surface area contributed by atoms with Crippen LogP contribution in [0.4, 0.5) is 0 Å². The molecule has 1 aromatic carbocycles. The van der Waals surface area contributed by atoms with Gasteiger partial charge in [-0.15, -0.1) is 0 Å². The molecule has 116 valence electrons. The van der Waals surface area contributed by atoms with Crippen molar-refractivity contribution in [1.29, 1.82) is 0 Å². The molecule has 0 fully saturated rings. The van der Waals surface area contributed by atoms with Crippen LogP contribution in [0.1, 0.15) is 29.8 Å². The van der Waals surface area contributed by atoms with E-state index in [1.807, 2.05) is 26.0 Å². The first-order valence-electron chi connectivity index (χ1n) is 7.04. The maximum Gasteiger partial charge on any atom is 0.338 e. The number of carbonyl (C=O) groups excluding carboxylic acids is 1. The minimum absolute atomic E-state index is 0.150. The van der Waals surface area contributed by atoms with Crippen LogP contribution < -0.4 is 10.3 Å². The summed E-state index contributed by atoms with van der Waals surface area (Å²) in [4.78, 5) is 23.8.